The summed E-state index contributed by atoms with van der Waals surface area (Å²) >= 11 is -1.29. The zero-order valence-electron chi connectivity index (χ0n) is 16.3. The van der Waals surface area contributed by atoms with E-state index in [9.17, 15) is 17.4 Å². The number of hydrogen-bond donors (Lipinski definition) is 1. The Labute approximate surface area is 167 Å². The van der Waals surface area contributed by atoms with Crippen molar-refractivity contribution < 1.29 is 31.3 Å². The van der Waals surface area contributed by atoms with Crippen molar-refractivity contribution in [1.29, 1.82) is 0 Å². The number of carbonyl (C=O) groups is 1. The molecule has 9 nitrogen and oxygen atoms in total. The lowest BCUT2D eigenvalue weighted by molar-refractivity contribution is -0.137. The molecule has 1 heterocycles. The molecule has 1 atom stereocenters. The Morgan fingerprint density at radius 1 is 1.29 bits per heavy atom. The van der Waals surface area contributed by atoms with E-state index in [-0.39, 0.29) is 10.8 Å². The highest BCUT2D eigenvalue weighted by atomic mass is 32.2. The van der Waals surface area contributed by atoms with Crippen LogP contribution in [0.2, 0.25) is 0 Å². The minimum absolute atomic E-state index is 0.0152. The molecule has 1 fully saturated rings. The summed E-state index contributed by atoms with van der Waals surface area (Å²) in [5.74, 6) is 0.455. The van der Waals surface area contributed by atoms with Crippen molar-refractivity contribution in [2.24, 2.45) is 5.92 Å². The molecule has 0 aromatic heterocycles. The van der Waals surface area contributed by atoms with Crippen LogP contribution in [-0.4, -0.2) is 60.9 Å². The summed E-state index contributed by atoms with van der Waals surface area (Å²) in [6.45, 7) is 6.11. The molecular formula is C17H26N2O7S2. The number of hydroxylamine groups is 3. The molecule has 2 rings (SSSR count). The van der Waals surface area contributed by atoms with E-state index < -0.39 is 31.6 Å². The molecule has 1 aliphatic rings. The standard InChI is InChI=1S/C17H26N2O7S2/c1-5-27(21)26-19-10-13(11-19)12-25-14-6-8-15(9-7-14)28(22,23)17(2,3)16(20)18-24-4/h6-9,13H,5,10-12H2,1-4H3,(H,18,20). The van der Waals surface area contributed by atoms with Gasteiger partial charge in [0.05, 0.1) is 18.6 Å². The SMILES string of the molecule is CCS(=O)ON1CC(COc2ccc(S(=O)(=O)C(C)(C)C(=O)NOC)cc2)C1. The average molecular weight is 435 g/mol. The molecule has 0 saturated carbocycles. The van der Waals surface area contributed by atoms with Gasteiger partial charge in [0.1, 0.15) is 5.75 Å². The first kappa shape index (κ1) is 22.8. The van der Waals surface area contributed by atoms with Crippen LogP contribution in [0.3, 0.4) is 0 Å². The number of ether oxygens (including phenoxy) is 1. The Hall–Kier alpha value is -1.53. The monoisotopic (exact) mass is 434 g/mol. The highest BCUT2D eigenvalue weighted by Crippen LogP contribution is 2.27. The van der Waals surface area contributed by atoms with Crippen molar-refractivity contribution in [3.8, 4) is 5.75 Å². The molecule has 1 aliphatic heterocycles. The van der Waals surface area contributed by atoms with Gasteiger partial charge in [-0.05, 0) is 38.1 Å². The van der Waals surface area contributed by atoms with Gasteiger partial charge in [0.2, 0.25) is 0 Å². The lowest BCUT2D eigenvalue weighted by Gasteiger charge is -2.36. The Balaban J connectivity index is 1.91. The summed E-state index contributed by atoms with van der Waals surface area (Å²) in [7, 11) is -2.68. The third-order valence-electron chi connectivity index (χ3n) is 4.38. The molecule has 11 heteroatoms. The smallest absolute Gasteiger partial charge is 0.264 e. The van der Waals surface area contributed by atoms with E-state index >= 15 is 0 Å². The Kier molecular flexibility index (Phi) is 7.57. The average Bonchev–Trinajstić information content (AvgIpc) is 2.63. The van der Waals surface area contributed by atoms with Gasteiger partial charge in [-0.15, -0.1) is 0 Å². The molecule has 28 heavy (non-hydrogen) atoms. The molecule has 1 aromatic carbocycles. The van der Waals surface area contributed by atoms with Gasteiger partial charge in [-0.2, -0.15) is 9.35 Å². The van der Waals surface area contributed by atoms with E-state index in [1.54, 1.807) is 24.1 Å². The second kappa shape index (κ2) is 9.31. The molecule has 158 valence electrons. The molecule has 1 unspecified atom stereocenters. The molecule has 1 amide bonds. The Bertz CT molecular complexity index is 803. The first-order valence-corrected chi connectivity index (χ1v) is 11.5. The third-order valence-corrected chi connectivity index (χ3v) is 7.65. The van der Waals surface area contributed by atoms with Crippen LogP contribution in [0.25, 0.3) is 0 Å². The van der Waals surface area contributed by atoms with Crippen LogP contribution >= 0.6 is 0 Å². The second-order valence-electron chi connectivity index (χ2n) is 6.81. The zero-order chi connectivity index (χ0) is 20.9. The van der Waals surface area contributed by atoms with Gasteiger partial charge in [0.15, 0.2) is 25.7 Å². The number of carbonyl (C=O) groups excluding carboxylic acids is 1. The molecular weight excluding hydrogens is 408 g/mol. The molecule has 0 radical (unpaired) electrons. The van der Waals surface area contributed by atoms with E-state index in [4.69, 9.17) is 9.02 Å². The van der Waals surface area contributed by atoms with E-state index in [2.05, 4.69) is 10.3 Å². The summed E-state index contributed by atoms with van der Waals surface area (Å²) in [5, 5.41) is 1.64. The molecule has 1 aromatic rings. The number of sulfone groups is 1. The fourth-order valence-electron chi connectivity index (χ4n) is 2.42. The van der Waals surface area contributed by atoms with Gasteiger partial charge in [0.25, 0.3) is 5.91 Å². The van der Waals surface area contributed by atoms with Crippen molar-refractivity contribution in [3.05, 3.63) is 24.3 Å². The summed E-state index contributed by atoms with van der Waals surface area (Å²) in [6.07, 6.45) is 0. The third kappa shape index (κ3) is 5.09. The van der Waals surface area contributed by atoms with Crippen molar-refractivity contribution in [2.45, 2.75) is 30.4 Å². The van der Waals surface area contributed by atoms with E-state index in [1.165, 1.54) is 33.1 Å². The number of amides is 1. The van der Waals surface area contributed by atoms with Gasteiger partial charge in [0, 0.05) is 24.8 Å². The minimum Gasteiger partial charge on any atom is -0.493 e. The fraction of sp³-hybridized carbons (Fsp3) is 0.588. The number of nitrogens with zero attached hydrogens (tertiary/aromatic N) is 1. The van der Waals surface area contributed by atoms with Crippen molar-refractivity contribution >= 4 is 26.8 Å². The molecule has 0 aliphatic carbocycles. The van der Waals surface area contributed by atoms with Crippen LogP contribution in [0.1, 0.15) is 20.8 Å². The number of nitrogens with one attached hydrogen (secondary N) is 1. The zero-order valence-corrected chi connectivity index (χ0v) is 18.0. The van der Waals surface area contributed by atoms with Crippen LogP contribution in [0.5, 0.6) is 5.75 Å². The number of hydrogen-bond acceptors (Lipinski definition) is 8. The summed E-state index contributed by atoms with van der Waals surface area (Å²) in [5.41, 5.74) is 2.06. The fourth-order valence-corrected chi connectivity index (χ4v) is 4.25. The van der Waals surface area contributed by atoms with Gasteiger partial charge >= 0.3 is 0 Å². The normalized spacial score (nSPS) is 17.0. The first-order chi connectivity index (χ1) is 13.1. The maximum Gasteiger partial charge on any atom is 0.264 e. The van der Waals surface area contributed by atoms with Gasteiger partial charge in [-0.1, -0.05) is 6.92 Å². The lowest BCUT2D eigenvalue weighted by Crippen LogP contribution is -2.49. The molecule has 1 N–H and O–H groups in total. The summed E-state index contributed by atoms with van der Waals surface area (Å²) in [6, 6.07) is 5.92. The number of rotatable bonds is 10. The maximum absolute atomic E-state index is 12.8. The van der Waals surface area contributed by atoms with Crippen LogP contribution in [0, 0.1) is 5.92 Å². The Morgan fingerprint density at radius 3 is 2.43 bits per heavy atom. The van der Waals surface area contributed by atoms with Gasteiger partial charge < -0.3 is 4.74 Å². The summed E-state index contributed by atoms with van der Waals surface area (Å²) in [4.78, 5) is 16.6. The first-order valence-electron chi connectivity index (χ1n) is 8.74. The van der Waals surface area contributed by atoms with E-state index in [0.717, 1.165) is 0 Å². The largest absolute Gasteiger partial charge is 0.493 e. The number of benzene rings is 1. The quantitative estimate of drug-likeness (QED) is 0.540. The van der Waals surface area contributed by atoms with E-state index in [0.29, 0.717) is 31.2 Å². The van der Waals surface area contributed by atoms with Crippen molar-refractivity contribution in [2.75, 3.05) is 32.6 Å². The highest BCUT2D eigenvalue weighted by molar-refractivity contribution is 7.93. The summed E-state index contributed by atoms with van der Waals surface area (Å²) < 4.78 is 46.0. The predicted molar refractivity (Wildman–Crippen MR) is 103 cm³/mol. The van der Waals surface area contributed by atoms with Gasteiger partial charge in [-0.25, -0.2) is 18.1 Å². The lowest BCUT2D eigenvalue weighted by atomic mass is 10.1. The maximum atomic E-state index is 12.8. The second-order valence-corrected chi connectivity index (χ2v) is 10.6. The predicted octanol–water partition coefficient (Wildman–Crippen LogP) is 0.842. The van der Waals surface area contributed by atoms with Crippen LogP contribution in [0.4, 0.5) is 0 Å². The molecule has 0 spiro atoms. The van der Waals surface area contributed by atoms with Crippen molar-refractivity contribution in [1.82, 2.24) is 10.5 Å². The highest BCUT2D eigenvalue weighted by Gasteiger charge is 2.43. The Morgan fingerprint density at radius 2 is 1.89 bits per heavy atom. The van der Waals surface area contributed by atoms with Crippen LogP contribution < -0.4 is 10.2 Å². The molecule has 1 saturated heterocycles. The molecule has 0 bridgehead atoms. The van der Waals surface area contributed by atoms with E-state index in [1.807, 2.05) is 0 Å². The van der Waals surface area contributed by atoms with Crippen LogP contribution in [-0.2, 0) is 34.8 Å². The van der Waals surface area contributed by atoms with Gasteiger partial charge in [-0.3, -0.25) is 9.63 Å². The minimum atomic E-state index is -3.92. The topological polar surface area (TPSA) is 111 Å². The van der Waals surface area contributed by atoms with Crippen LogP contribution in [0.15, 0.2) is 29.2 Å². The van der Waals surface area contributed by atoms with Crippen molar-refractivity contribution in [3.63, 3.8) is 0 Å².